The number of carbonyl (C=O) groups is 4. The van der Waals surface area contributed by atoms with Gasteiger partial charge in [-0.05, 0) is 245 Å². The minimum Gasteiger partial charge on any atom is -0.493 e. The Morgan fingerprint density at radius 2 is 0.573 bits per heavy atom. The monoisotopic (exact) mass is 1970 g/mol. The molecule has 0 unspecified atom stereocenters. The zero-order valence-corrected chi connectivity index (χ0v) is 79.5. The molecule has 0 atom stereocenters. The molecule has 6 aliphatic heterocycles. The molecule has 0 spiro atoms. The van der Waals surface area contributed by atoms with Crippen LogP contribution in [0.1, 0.15) is 133 Å². The number of ketones is 4. The first-order valence-electron chi connectivity index (χ1n) is 48.4. The van der Waals surface area contributed by atoms with Crippen LogP contribution in [0.4, 0.5) is 30.7 Å². The number of hydrogen-bond donors (Lipinski definition) is 6. The van der Waals surface area contributed by atoms with Crippen molar-refractivity contribution in [2.75, 3.05) is 91.8 Å². The van der Waals surface area contributed by atoms with Gasteiger partial charge in [0.15, 0.2) is 11.6 Å². The highest BCUT2D eigenvalue weighted by molar-refractivity contribution is 5.85. The summed E-state index contributed by atoms with van der Waals surface area (Å²) in [5, 5.41) is 0. The van der Waals surface area contributed by atoms with Crippen molar-refractivity contribution < 1.29 is 59.4 Å². The fraction of sp³-hybridized carbons (Fsp3) is 0.396. The van der Waals surface area contributed by atoms with E-state index in [2.05, 4.69) is 89.2 Å². The Morgan fingerprint density at radius 1 is 0.287 bits per heavy atom. The lowest BCUT2D eigenvalue weighted by atomic mass is 9.89. The molecule has 30 nitrogen and oxygen atoms in total. The largest absolute Gasteiger partial charge is 0.493 e. The molecule has 6 saturated heterocycles. The maximum atomic E-state index is 13.7. The van der Waals surface area contributed by atoms with E-state index in [0.717, 1.165) is 108 Å². The number of likely N-dealkylation sites (tertiary alicyclic amines) is 6. The van der Waals surface area contributed by atoms with Crippen LogP contribution in [-0.4, -0.2) is 204 Å². The van der Waals surface area contributed by atoms with Crippen LogP contribution >= 0.6 is 0 Å². The number of hydrogen-bond acceptors (Lipinski definition) is 24. The van der Waals surface area contributed by atoms with Crippen molar-refractivity contribution >= 4 is 23.1 Å². The van der Waals surface area contributed by atoms with E-state index in [-0.39, 0.29) is 116 Å². The standard InChI is InChI=1S/3C18H19F2N3O2.C18H21N3O2.C17H20FN3O2.C17H21N3O2/c19-14-2-1-13(15(20)10-14)9-17(24)12-3-7-23(8-4-12)11-16-18(25)22-6-5-21-16;19-14-2-1-3-15(20)13(14)10-17(24)12-4-8-23(9-5-12)11-16-18(25)22-7-6-21-16;19-14-3-1-2-13(17(14)20)10-16(24)12-4-8-23(9-5-12)11-15-18(25)22-7-6-21-15;22-17(12-14-4-2-1-3-5-14)15-6-10-21(11-7-15)13-16-18(23)20-9-8-19-16;18-14-1-3-15(4-2-14)23-12-13-5-9-21(10-6-13)11-16-17(22)20-8-7-19-16;21-17-16(18-8-9-19-17)12-20-10-6-14(7-11-20)13-22-15-4-2-1-3-5-15/h1-2,5-6,10,12H,3-4,7-9,11H2,(H,22,25);2*1-3,6-7,12H,4-5,8-11H2,(H,22,25);1-5,8-9,15H,6-7,10-13H2,(H,20,23);1-4,7-8,13H,5-6,9-12H2,(H,20,22);1-5,8-9,14H,6-7,10-13H2,(H,19,21). The highest BCUT2D eigenvalue weighted by Crippen LogP contribution is 2.30. The Kier molecular flexibility index (Phi) is 40.9. The van der Waals surface area contributed by atoms with Crippen LogP contribution in [0.3, 0.4) is 0 Å². The van der Waals surface area contributed by atoms with Gasteiger partial charge in [-0.3, -0.25) is 107 Å². The summed E-state index contributed by atoms with van der Waals surface area (Å²) in [5.41, 5.74) is 3.37. The first kappa shape index (κ1) is 106. The molecule has 143 heavy (non-hydrogen) atoms. The van der Waals surface area contributed by atoms with Crippen molar-refractivity contribution in [3.8, 4) is 11.5 Å². The average Bonchev–Trinajstić information content (AvgIpc) is 0.894. The Bertz CT molecular complexity index is 6430. The number of benzene rings is 6. The van der Waals surface area contributed by atoms with Gasteiger partial charge in [-0.1, -0.05) is 72.8 Å². The van der Waals surface area contributed by atoms with Crippen LogP contribution in [0.5, 0.6) is 11.5 Å². The quantitative estimate of drug-likeness (QED) is 0.0228. The molecule has 18 rings (SSSR count). The third-order valence-electron chi connectivity index (χ3n) is 26.5. The second-order valence-electron chi connectivity index (χ2n) is 36.4. The highest BCUT2D eigenvalue weighted by Gasteiger charge is 2.33. The van der Waals surface area contributed by atoms with E-state index in [1.165, 1.54) is 79.4 Å². The SMILES string of the molecule is O=C(Cc1c(F)cccc1F)C1CCN(Cc2ncc[nH]c2=O)CC1.O=C(Cc1ccc(F)cc1F)C1CCN(Cc2ncc[nH]c2=O)CC1.O=C(Cc1cccc(F)c1F)C1CCN(Cc2ncc[nH]c2=O)CC1.O=C(Cc1ccccc1)C1CCN(Cc2ncc[nH]c2=O)CC1.O=c1[nH]ccnc1CN1CCC(COc2ccc(F)cc2)CC1.O=c1[nH]ccnc1CN1CCC(COc2ccccc2)CC1. The molecule has 0 saturated carbocycles. The number of aromatic nitrogens is 12. The van der Waals surface area contributed by atoms with Crippen LogP contribution in [0.15, 0.2) is 243 Å². The molecule has 6 N–H and O–H groups in total. The van der Waals surface area contributed by atoms with Gasteiger partial charge in [-0.25, -0.2) is 30.7 Å². The Hall–Kier alpha value is -13.9. The predicted molar refractivity (Wildman–Crippen MR) is 521 cm³/mol. The summed E-state index contributed by atoms with van der Waals surface area (Å²) in [4.78, 5) is 173. The summed E-state index contributed by atoms with van der Waals surface area (Å²) in [6.07, 6.45) is 28.6. The number of nitrogens with zero attached hydrogens (tertiary/aromatic N) is 12. The normalized spacial score (nSPS) is 16.2. The number of H-pyrrole nitrogens is 6. The van der Waals surface area contributed by atoms with Gasteiger partial charge in [0, 0.05) is 175 Å². The Balaban J connectivity index is 0.000000144. The lowest BCUT2D eigenvalue weighted by Crippen LogP contribution is -2.37. The first-order valence-corrected chi connectivity index (χ1v) is 48.4. The summed E-state index contributed by atoms with van der Waals surface area (Å²) >= 11 is 0. The molecule has 37 heteroatoms. The molecule has 12 aromatic rings. The number of aromatic amines is 6. The summed E-state index contributed by atoms with van der Waals surface area (Å²) < 4.78 is 105. The highest BCUT2D eigenvalue weighted by atomic mass is 19.2. The summed E-state index contributed by atoms with van der Waals surface area (Å²) in [7, 11) is 0. The average molecular weight is 1970 g/mol. The van der Waals surface area contributed by atoms with Crippen LogP contribution in [0.2, 0.25) is 0 Å². The maximum Gasteiger partial charge on any atom is 0.270 e. The zero-order valence-electron chi connectivity index (χ0n) is 79.5. The van der Waals surface area contributed by atoms with Gasteiger partial charge < -0.3 is 39.4 Å². The molecule has 0 radical (unpaired) electrons. The minimum atomic E-state index is -0.942. The van der Waals surface area contributed by atoms with Gasteiger partial charge >= 0.3 is 0 Å². The van der Waals surface area contributed by atoms with Crippen LogP contribution in [-0.2, 0) is 84.1 Å². The van der Waals surface area contributed by atoms with E-state index in [4.69, 9.17) is 9.47 Å². The number of rotatable bonds is 30. The molecular formula is C106H119F7N18O12. The van der Waals surface area contributed by atoms with Crippen LogP contribution in [0.25, 0.3) is 0 Å². The van der Waals surface area contributed by atoms with Crippen LogP contribution < -0.4 is 42.8 Å². The summed E-state index contributed by atoms with van der Waals surface area (Å²) in [5.74, 6) is -2.40. The van der Waals surface area contributed by atoms with Crippen molar-refractivity contribution in [3.63, 3.8) is 0 Å². The van der Waals surface area contributed by atoms with E-state index in [0.29, 0.717) is 188 Å². The summed E-state index contributed by atoms with van der Waals surface area (Å²) in [6, 6.07) is 36.8. The van der Waals surface area contributed by atoms with Gasteiger partial charge in [0.2, 0.25) is 0 Å². The van der Waals surface area contributed by atoms with E-state index in [1.54, 1.807) is 61.7 Å². The summed E-state index contributed by atoms with van der Waals surface area (Å²) in [6.45, 7) is 14.0. The maximum absolute atomic E-state index is 13.7. The second-order valence-corrected chi connectivity index (χ2v) is 36.4. The number of ether oxygens (including phenoxy) is 2. The molecule has 754 valence electrons. The van der Waals surface area contributed by atoms with E-state index in [1.807, 2.05) is 60.7 Å². The number of para-hydroxylation sites is 1. The number of carbonyl (C=O) groups excluding carboxylic acids is 4. The van der Waals surface area contributed by atoms with Crippen molar-refractivity contribution in [2.45, 2.75) is 142 Å². The van der Waals surface area contributed by atoms with E-state index >= 15 is 0 Å². The minimum absolute atomic E-state index is 0.0172. The molecule has 6 fully saturated rings. The number of halogens is 7. The molecule has 6 aliphatic rings. The number of piperidine rings is 6. The molecule has 12 heterocycles. The van der Waals surface area contributed by atoms with Crippen molar-refractivity contribution in [1.82, 2.24) is 89.2 Å². The lowest BCUT2D eigenvalue weighted by molar-refractivity contribution is -0.124. The predicted octanol–water partition coefficient (Wildman–Crippen LogP) is 12.3. The molecule has 0 amide bonds. The topological polar surface area (TPSA) is 381 Å². The smallest absolute Gasteiger partial charge is 0.270 e. The molecule has 0 bridgehead atoms. The van der Waals surface area contributed by atoms with Crippen molar-refractivity contribution in [2.24, 2.45) is 35.5 Å². The first-order chi connectivity index (χ1) is 69.3. The Morgan fingerprint density at radius 3 is 0.909 bits per heavy atom. The molecular weight excluding hydrogens is 1850 g/mol. The lowest BCUT2D eigenvalue weighted by Gasteiger charge is -2.31. The van der Waals surface area contributed by atoms with Gasteiger partial charge in [-0.15, -0.1) is 0 Å². The van der Waals surface area contributed by atoms with Crippen LogP contribution in [0, 0.1) is 76.2 Å². The fourth-order valence-electron chi connectivity index (χ4n) is 18.0. The Labute approximate surface area is 821 Å². The molecule has 0 aliphatic carbocycles. The van der Waals surface area contributed by atoms with Gasteiger partial charge in [0.1, 0.15) is 97.9 Å². The second kappa shape index (κ2) is 55.0. The third kappa shape index (κ3) is 33.9. The number of Topliss-reactive ketones (excluding diaryl/α,β-unsaturated/α-hetero) is 4. The van der Waals surface area contributed by atoms with E-state index in [9.17, 15) is 78.7 Å². The van der Waals surface area contributed by atoms with Gasteiger partial charge in [-0.2, -0.15) is 0 Å². The fourth-order valence-corrected chi connectivity index (χ4v) is 18.0. The third-order valence-corrected chi connectivity index (χ3v) is 26.5. The number of nitrogens with one attached hydrogen (secondary N) is 6. The zero-order chi connectivity index (χ0) is 101. The van der Waals surface area contributed by atoms with Gasteiger partial charge in [0.05, 0.1) is 13.2 Å². The molecule has 6 aromatic carbocycles. The molecule has 6 aromatic heterocycles. The van der Waals surface area contributed by atoms with Crippen molar-refractivity contribution in [3.05, 3.63) is 373 Å². The van der Waals surface area contributed by atoms with E-state index < -0.39 is 34.9 Å². The van der Waals surface area contributed by atoms with Gasteiger partial charge in [0.25, 0.3) is 33.4 Å². The van der Waals surface area contributed by atoms with Crippen molar-refractivity contribution in [1.29, 1.82) is 0 Å².